The Hall–Kier alpha value is -1.81. The van der Waals surface area contributed by atoms with E-state index in [1.54, 1.807) is 0 Å². The molecular formula is C16H17BrN2O. The number of benzene rings is 2. The first kappa shape index (κ1) is 14.6. The van der Waals surface area contributed by atoms with Gasteiger partial charge >= 0.3 is 0 Å². The van der Waals surface area contributed by atoms with Crippen LogP contribution < -0.4 is 11.1 Å². The minimum absolute atomic E-state index is 0.0315. The summed E-state index contributed by atoms with van der Waals surface area (Å²) in [6.07, 6.45) is 1.10. The van der Waals surface area contributed by atoms with Crippen molar-refractivity contribution in [2.24, 2.45) is 0 Å². The smallest absolute Gasteiger partial charge is 0.220 e. The summed E-state index contributed by atoms with van der Waals surface area (Å²) >= 11 is 3.46. The minimum atomic E-state index is 0.0315. The minimum Gasteiger partial charge on any atom is -0.399 e. The molecule has 20 heavy (non-hydrogen) atoms. The van der Waals surface area contributed by atoms with Gasteiger partial charge in [0.2, 0.25) is 5.91 Å². The number of carbonyl (C=O) groups excluding carboxylic acids is 1. The molecule has 0 spiro atoms. The van der Waals surface area contributed by atoms with E-state index in [-0.39, 0.29) is 5.91 Å². The number of nitrogens with one attached hydrogen (secondary N) is 1. The Labute approximate surface area is 127 Å². The van der Waals surface area contributed by atoms with Gasteiger partial charge in [-0.25, -0.2) is 0 Å². The summed E-state index contributed by atoms with van der Waals surface area (Å²) in [6, 6.07) is 15.5. The maximum absolute atomic E-state index is 11.8. The van der Waals surface area contributed by atoms with Crippen LogP contribution >= 0.6 is 15.9 Å². The van der Waals surface area contributed by atoms with E-state index >= 15 is 0 Å². The van der Waals surface area contributed by atoms with Gasteiger partial charge in [-0.1, -0.05) is 52.3 Å². The fraction of sp³-hybridized carbons (Fsp3) is 0.188. The Morgan fingerprint density at radius 1 is 1.05 bits per heavy atom. The fourth-order valence-electron chi connectivity index (χ4n) is 1.93. The summed E-state index contributed by atoms with van der Waals surface area (Å²) in [7, 11) is 0. The van der Waals surface area contributed by atoms with Gasteiger partial charge in [0.25, 0.3) is 0 Å². The highest BCUT2D eigenvalue weighted by Crippen LogP contribution is 2.16. The Balaban J connectivity index is 1.82. The van der Waals surface area contributed by atoms with E-state index in [9.17, 15) is 4.79 Å². The number of carbonyl (C=O) groups is 1. The van der Waals surface area contributed by atoms with Crippen LogP contribution in [0.3, 0.4) is 0 Å². The van der Waals surface area contributed by atoms with Gasteiger partial charge in [-0.2, -0.15) is 0 Å². The second-order valence-corrected chi connectivity index (χ2v) is 5.42. The third kappa shape index (κ3) is 4.10. The zero-order chi connectivity index (χ0) is 14.4. The molecule has 0 fully saturated rings. The summed E-state index contributed by atoms with van der Waals surface area (Å²) in [5, 5.41) is 2.92. The molecule has 0 heterocycles. The number of anilines is 1. The average molecular weight is 333 g/mol. The number of nitrogen functional groups attached to an aromatic ring is 1. The molecule has 1 amide bonds. The third-order valence-corrected chi connectivity index (χ3v) is 3.88. The molecule has 0 radical (unpaired) electrons. The van der Waals surface area contributed by atoms with E-state index in [1.807, 2.05) is 48.5 Å². The predicted molar refractivity (Wildman–Crippen MR) is 85.2 cm³/mol. The molecule has 3 nitrogen and oxygen atoms in total. The monoisotopic (exact) mass is 332 g/mol. The van der Waals surface area contributed by atoms with E-state index in [4.69, 9.17) is 5.73 Å². The van der Waals surface area contributed by atoms with Gasteiger partial charge in [0.15, 0.2) is 0 Å². The summed E-state index contributed by atoms with van der Waals surface area (Å²) in [6.45, 7) is 0.532. The van der Waals surface area contributed by atoms with E-state index < -0.39 is 0 Å². The highest BCUT2D eigenvalue weighted by atomic mass is 79.9. The molecule has 0 aliphatic carbocycles. The van der Waals surface area contributed by atoms with Crippen LogP contribution in [0.15, 0.2) is 53.0 Å². The van der Waals surface area contributed by atoms with Gasteiger partial charge in [0.05, 0.1) is 0 Å². The Morgan fingerprint density at radius 2 is 1.70 bits per heavy atom. The Kier molecular flexibility index (Phi) is 5.18. The van der Waals surface area contributed by atoms with Crippen molar-refractivity contribution in [2.45, 2.75) is 19.4 Å². The van der Waals surface area contributed by atoms with Crippen molar-refractivity contribution in [1.29, 1.82) is 0 Å². The van der Waals surface area contributed by atoms with Gasteiger partial charge in [-0.3, -0.25) is 4.79 Å². The molecule has 2 aromatic carbocycles. The Bertz CT molecular complexity index is 547. The predicted octanol–water partition coefficient (Wildman–Crippen LogP) is 3.28. The highest BCUT2D eigenvalue weighted by Gasteiger charge is 2.05. The van der Waals surface area contributed by atoms with Crippen LogP contribution in [0, 0.1) is 0 Å². The largest absolute Gasteiger partial charge is 0.399 e. The molecule has 2 rings (SSSR count). The summed E-state index contributed by atoms with van der Waals surface area (Å²) < 4.78 is 1.01. The Morgan fingerprint density at radius 3 is 2.40 bits per heavy atom. The summed E-state index contributed by atoms with van der Waals surface area (Å²) in [4.78, 5) is 11.8. The highest BCUT2D eigenvalue weighted by molar-refractivity contribution is 9.10. The second kappa shape index (κ2) is 7.10. The van der Waals surface area contributed by atoms with Crippen LogP contribution in [0.4, 0.5) is 5.69 Å². The summed E-state index contributed by atoms with van der Waals surface area (Å²) in [5.41, 5.74) is 8.68. The number of aryl methyl sites for hydroxylation is 1. The van der Waals surface area contributed by atoms with Gasteiger partial charge in [0, 0.05) is 23.1 Å². The molecular weight excluding hydrogens is 316 g/mol. The van der Waals surface area contributed by atoms with Crippen molar-refractivity contribution >= 4 is 27.5 Å². The normalized spacial score (nSPS) is 10.2. The molecule has 0 saturated heterocycles. The van der Waals surface area contributed by atoms with E-state index in [0.717, 1.165) is 21.3 Å². The second-order valence-electron chi connectivity index (χ2n) is 4.57. The first-order valence-corrected chi connectivity index (χ1v) is 7.29. The molecule has 0 aliphatic heterocycles. The molecule has 4 heteroatoms. The molecule has 2 aromatic rings. The fourth-order valence-corrected chi connectivity index (χ4v) is 2.36. The van der Waals surface area contributed by atoms with Gasteiger partial charge < -0.3 is 11.1 Å². The number of hydrogen-bond donors (Lipinski definition) is 2. The van der Waals surface area contributed by atoms with Crippen LogP contribution in [0.2, 0.25) is 0 Å². The molecule has 0 saturated carbocycles. The zero-order valence-electron chi connectivity index (χ0n) is 11.1. The third-order valence-electron chi connectivity index (χ3n) is 3.11. The van der Waals surface area contributed by atoms with Crippen LogP contribution in [-0.2, 0) is 17.8 Å². The summed E-state index contributed by atoms with van der Waals surface area (Å²) in [5.74, 6) is 0.0315. The van der Waals surface area contributed by atoms with Crippen molar-refractivity contribution in [3.8, 4) is 0 Å². The zero-order valence-corrected chi connectivity index (χ0v) is 12.7. The van der Waals surface area contributed by atoms with Crippen molar-refractivity contribution in [3.05, 3.63) is 64.1 Å². The van der Waals surface area contributed by atoms with Crippen molar-refractivity contribution in [3.63, 3.8) is 0 Å². The molecule has 0 atom stereocenters. The molecule has 0 aliphatic rings. The lowest BCUT2D eigenvalue weighted by atomic mass is 10.1. The molecule has 104 valence electrons. The van der Waals surface area contributed by atoms with Gasteiger partial charge in [-0.05, 0) is 29.7 Å². The lowest BCUT2D eigenvalue weighted by molar-refractivity contribution is -0.121. The SMILES string of the molecule is Nc1ccccc1CCC(=O)NCc1ccccc1Br. The number of nitrogens with two attached hydrogens (primary N) is 1. The van der Waals surface area contributed by atoms with E-state index in [0.29, 0.717) is 19.4 Å². The van der Waals surface area contributed by atoms with Gasteiger partial charge in [-0.15, -0.1) is 0 Å². The van der Waals surface area contributed by atoms with Crippen LogP contribution in [-0.4, -0.2) is 5.91 Å². The number of rotatable bonds is 5. The lowest BCUT2D eigenvalue weighted by Crippen LogP contribution is -2.23. The van der Waals surface area contributed by atoms with Gasteiger partial charge in [0.1, 0.15) is 0 Å². The molecule has 3 N–H and O–H groups in total. The quantitative estimate of drug-likeness (QED) is 0.825. The van der Waals surface area contributed by atoms with Crippen molar-refractivity contribution < 1.29 is 4.79 Å². The first-order chi connectivity index (χ1) is 9.66. The van der Waals surface area contributed by atoms with Crippen molar-refractivity contribution in [1.82, 2.24) is 5.32 Å². The average Bonchev–Trinajstić information content (AvgIpc) is 2.45. The maximum atomic E-state index is 11.8. The molecule has 0 bridgehead atoms. The molecule has 0 unspecified atom stereocenters. The standard InChI is InChI=1S/C16H17BrN2O/c17-14-7-3-1-6-13(14)11-19-16(20)10-9-12-5-2-4-8-15(12)18/h1-8H,9-11,18H2,(H,19,20). The maximum Gasteiger partial charge on any atom is 0.220 e. The van der Waals surface area contributed by atoms with Crippen LogP contribution in [0.5, 0.6) is 0 Å². The lowest BCUT2D eigenvalue weighted by Gasteiger charge is -2.08. The van der Waals surface area contributed by atoms with E-state index in [2.05, 4.69) is 21.2 Å². The number of para-hydroxylation sites is 1. The number of halogens is 1. The topological polar surface area (TPSA) is 55.1 Å². The molecule has 0 aromatic heterocycles. The van der Waals surface area contributed by atoms with Crippen molar-refractivity contribution in [2.75, 3.05) is 5.73 Å². The first-order valence-electron chi connectivity index (χ1n) is 6.50. The number of amides is 1. The van der Waals surface area contributed by atoms with Crippen LogP contribution in [0.1, 0.15) is 17.5 Å². The van der Waals surface area contributed by atoms with E-state index in [1.165, 1.54) is 0 Å². The van der Waals surface area contributed by atoms with Crippen LogP contribution in [0.25, 0.3) is 0 Å². The number of hydrogen-bond acceptors (Lipinski definition) is 2.